The van der Waals surface area contributed by atoms with Crippen LogP contribution in [0.2, 0.25) is 25.7 Å². The molecule has 0 saturated heterocycles. The molecule has 0 bridgehead atoms. The van der Waals surface area contributed by atoms with E-state index in [4.69, 9.17) is 14.2 Å². The van der Waals surface area contributed by atoms with E-state index in [9.17, 15) is 31.2 Å². The number of benzene rings is 1. The van der Waals surface area contributed by atoms with Gasteiger partial charge >= 0.3 is 15.6 Å². The second-order valence-electron chi connectivity index (χ2n) is 10.0. The normalized spacial score (nSPS) is 17.9. The molecule has 0 spiro atoms. The summed E-state index contributed by atoms with van der Waals surface area (Å²) in [5.41, 5.74) is -5.52. The minimum Gasteiger partial charge on any atom is -0.493 e. The van der Waals surface area contributed by atoms with Crippen LogP contribution < -0.4 is 14.4 Å². The Hall–Kier alpha value is -2.30. The van der Waals surface area contributed by atoms with Gasteiger partial charge in [0.05, 0.1) is 25.0 Å². The summed E-state index contributed by atoms with van der Waals surface area (Å²) in [5, 5.41) is 0.686. The fourth-order valence-electron chi connectivity index (χ4n) is 3.79. The Bertz CT molecular complexity index is 1240. The lowest BCUT2D eigenvalue weighted by atomic mass is 10.1. The zero-order valence-electron chi connectivity index (χ0n) is 21.8. The molecule has 0 radical (unpaired) electrons. The second kappa shape index (κ2) is 12.1. The minimum absolute atomic E-state index is 0.0134. The standard InChI is InChI=1S/C23H30BrF3N2O8SSi/c1-34-19-11-16-17(12-20(19)36-7-5-6-24)29(14-35-8-9-39(2,3)4)22(31)18-10-15(13-28(18)21(16)30)37-38(32,33)23(25,26)27/h11-13,18H,5-10,14H2,1-4H3/t18-/m0/s1. The zero-order valence-corrected chi connectivity index (χ0v) is 25.2. The lowest BCUT2D eigenvalue weighted by Crippen LogP contribution is -2.45. The first kappa shape index (κ1) is 31.2. The Balaban J connectivity index is 2.02. The van der Waals surface area contributed by atoms with Crippen LogP contribution in [-0.2, 0) is 23.8 Å². The van der Waals surface area contributed by atoms with E-state index >= 15 is 0 Å². The first-order valence-corrected chi connectivity index (χ1v) is 18.2. The van der Waals surface area contributed by atoms with Crippen LogP contribution in [0.15, 0.2) is 24.1 Å². The van der Waals surface area contributed by atoms with Crippen molar-refractivity contribution >= 4 is 51.6 Å². The first-order chi connectivity index (χ1) is 18.1. The quantitative estimate of drug-likeness (QED) is 0.107. The third kappa shape index (κ3) is 7.26. The molecule has 1 aromatic rings. The van der Waals surface area contributed by atoms with Gasteiger partial charge in [-0.15, -0.1) is 0 Å². The molecule has 3 rings (SSSR count). The predicted molar refractivity (Wildman–Crippen MR) is 142 cm³/mol. The van der Waals surface area contributed by atoms with E-state index in [2.05, 4.69) is 39.8 Å². The summed E-state index contributed by atoms with van der Waals surface area (Å²) < 4.78 is 83.0. The molecule has 2 aliphatic heterocycles. The molecule has 10 nitrogen and oxygen atoms in total. The third-order valence-corrected chi connectivity index (χ3v) is 9.12. The van der Waals surface area contributed by atoms with Crippen LogP contribution in [-0.4, -0.2) is 77.1 Å². The number of hydrogen-bond donors (Lipinski definition) is 0. The highest BCUT2D eigenvalue weighted by Crippen LogP contribution is 2.41. The van der Waals surface area contributed by atoms with Crippen molar-refractivity contribution in [2.24, 2.45) is 0 Å². The van der Waals surface area contributed by atoms with Crippen LogP contribution in [0.3, 0.4) is 0 Å². The molecule has 0 unspecified atom stereocenters. The van der Waals surface area contributed by atoms with E-state index in [1.165, 1.54) is 24.1 Å². The number of nitrogens with zero attached hydrogens (tertiary/aromatic N) is 2. The highest BCUT2D eigenvalue weighted by Gasteiger charge is 2.51. The molecule has 1 atom stereocenters. The van der Waals surface area contributed by atoms with Gasteiger partial charge in [0, 0.05) is 38.7 Å². The number of carbonyl (C=O) groups excluding carboxylic acids is 2. The van der Waals surface area contributed by atoms with Crippen LogP contribution in [0.4, 0.5) is 18.9 Å². The van der Waals surface area contributed by atoms with E-state index in [0.717, 1.165) is 17.1 Å². The maximum Gasteiger partial charge on any atom is 0.534 e. The summed E-state index contributed by atoms with van der Waals surface area (Å²) >= 11 is 3.32. The van der Waals surface area contributed by atoms with Crippen LogP contribution >= 0.6 is 15.9 Å². The predicted octanol–water partition coefficient (Wildman–Crippen LogP) is 4.44. The van der Waals surface area contributed by atoms with Gasteiger partial charge in [-0.3, -0.25) is 19.4 Å². The number of rotatable bonds is 12. The molecule has 0 aliphatic carbocycles. The Kier molecular flexibility index (Phi) is 9.66. The second-order valence-corrected chi connectivity index (χ2v) is 18.0. The molecule has 0 saturated carbocycles. The lowest BCUT2D eigenvalue weighted by molar-refractivity contribution is -0.123. The molecule has 218 valence electrons. The van der Waals surface area contributed by atoms with Crippen molar-refractivity contribution in [3.05, 3.63) is 29.7 Å². The van der Waals surface area contributed by atoms with Crippen molar-refractivity contribution in [3.8, 4) is 11.5 Å². The van der Waals surface area contributed by atoms with Crippen LogP contribution in [0, 0.1) is 0 Å². The molecule has 16 heteroatoms. The lowest BCUT2D eigenvalue weighted by Gasteiger charge is -2.26. The van der Waals surface area contributed by atoms with Crippen molar-refractivity contribution < 1.29 is 49.6 Å². The van der Waals surface area contributed by atoms with E-state index in [1.54, 1.807) is 0 Å². The average molecular weight is 660 g/mol. The van der Waals surface area contributed by atoms with Crippen LogP contribution in [0.5, 0.6) is 11.5 Å². The third-order valence-electron chi connectivity index (χ3n) is 5.85. The molecule has 2 amide bonds. The summed E-state index contributed by atoms with van der Waals surface area (Å²) in [4.78, 5) is 29.3. The van der Waals surface area contributed by atoms with E-state index in [-0.39, 0.29) is 29.5 Å². The van der Waals surface area contributed by atoms with Crippen LogP contribution in [0.1, 0.15) is 23.2 Å². The topological polar surface area (TPSA) is 112 Å². The number of carbonyl (C=O) groups is 2. The fourth-order valence-corrected chi connectivity index (χ4v) is 5.27. The SMILES string of the molecule is COc1cc2c(cc1OCCCBr)N(COCC[Si](C)(C)C)C(=O)[C@@H]1CC(OS(=O)(=O)C(F)(F)F)=CN1C2=O. The summed E-state index contributed by atoms with van der Waals surface area (Å²) in [6, 6.07) is 2.30. The van der Waals surface area contributed by atoms with E-state index < -0.39 is 53.7 Å². The highest BCUT2D eigenvalue weighted by molar-refractivity contribution is 9.09. The van der Waals surface area contributed by atoms with Crippen molar-refractivity contribution in [2.75, 3.05) is 37.3 Å². The molecule has 1 aromatic carbocycles. The number of fused-ring (bicyclic) bond motifs is 2. The molecule has 2 aliphatic rings. The Morgan fingerprint density at radius 2 is 1.82 bits per heavy atom. The van der Waals surface area contributed by atoms with Gasteiger partial charge in [-0.05, 0) is 18.5 Å². The summed E-state index contributed by atoms with van der Waals surface area (Å²) in [7, 11) is -6.09. The molecule has 0 fully saturated rings. The summed E-state index contributed by atoms with van der Waals surface area (Å²) in [6.45, 7) is 6.88. The van der Waals surface area contributed by atoms with Gasteiger partial charge in [0.25, 0.3) is 11.8 Å². The zero-order chi connectivity index (χ0) is 29.2. The maximum absolute atomic E-state index is 13.7. The van der Waals surface area contributed by atoms with Crippen LogP contribution in [0.25, 0.3) is 0 Å². The summed E-state index contributed by atoms with van der Waals surface area (Å²) in [5.74, 6) is -1.67. The van der Waals surface area contributed by atoms with Gasteiger partial charge in [0.15, 0.2) is 11.5 Å². The number of methoxy groups -OCH3 is 1. The van der Waals surface area contributed by atoms with Crippen molar-refractivity contribution in [1.82, 2.24) is 4.90 Å². The number of anilines is 1. The van der Waals surface area contributed by atoms with Crippen molar-refractivity contribution in [3.63, 3.8) is 0 Å². The van der Waals surface area contributed by atoms with Gasteiger partial charge in [0.2, 0.25) is 0 Å². The number of alkyl halides is 4. The average Bonchev–Trinajstić information content (AvgIpc) is 3.22. The van der Waals surface area contributed by atoms with Gasteiger partial charge in [-0.25, -0.2) is 0 Å². The number of amides is 2. The highest BCUT2D eigenvalue weighted by atomic mass is 79.9. The summed E-state index contributed by atoms with van der Waals surface area (Å²) in [6.07, 6.45) is 0.900. The molecule has 0 aromatic heterocycles. The Labute approximate surface area is 234 Å². The molecule has 39 heavy (non-hydrogen) atoms. The number of halogens is 4. The van der Waals surface area contributed by atoms with Gasteiger partial charge in [-0.1, -0.05) is 35.6 Å². The maximum atomic E-state index is 13.7. The largest absolute Gasteiger partial charge is 0.534 e. The van der Waals surface area contributed by atoms with Gasteiger partial charge in [0.1, 0.15) is 18.5 Å². The van der Waals surface area contributed by atoms with Crippen molar-refractivity contribution in [1.29, 1.82) is 0 Å². The van der Waals surface area contributed by atoms with E-state index in [0.29, 0.717) is 25.0 Å². The monoisotopic (exact) mass is 658 g/mol. The van der Waals surface area contributed by atoms with Crippen molar-refractivity contribution in [2.45, 2.75) is 50.1 Å². The number of ether oxygens (including phenoxy) is 3. The van der Waals surface area contributed by atoms with Gasteiger partial charge in [-0.2, -0.15) is 21.6 Å². The molecular weight excluding hydrogens is 629 g/mol. The van der Waals surface area contributed by atoms with E-state index in [1.807, 2.05) is 0 Å². The Morgan fingerprint density at radius 1 is 1.13 bits per heavy atom. The Morgan fingerprint density at radius 3 is 2.41 bits per heavy atom. The smallest absolute Gasteiger partial charge is 0.493 e. The van der Waals surface area contributed by atoms with Gasteiger partial charge < -0.3 is 18.4 Å². The fraction of sp³-hybridized carbons (Fsp3) is 0.565. The molecular formula is C23H30BrF3N2O8SSi. The first-order valence-electron chi connectivity index (χ1n) is 11.9. The minimum atomic E-state index is -5.99. The molecule has 2 heterocycles. The molecule has 0 N–H and O–H groups in total. The number of hydrogen-bond acceptors (Lipinski definition) is 8.